The Morgan fingerprint density at radius 2 is 1.95 bits per heavy atom. The molecule has 220 valence electrons. The van der Waals surface area contributed by atoms with Crippen molar-refractivity contribution >= 4 is 45.7 Å². The monoisotopic (exact) mass is 617 g/mol. The molecule has 0 unspecified atom stereocenters. The lowest BCUT2D eigenvalue weighted by Crippen LogP contribution is -2.29. The Morgan fingerprint density at radius 1 is 1.14 bits per heavy atom. The van der Waals surface area contributed by atoms with Gasteiger partial charge in [0.1, 0.15) is 29.2 Å². The number of rotatable bonds is 9. The molecule has 0 radical (unpaired) electrons. The van der Waals surface area contributed by atoms with Crippen LogP contribution < -0.4 is 14.4 Å². The maximum Gasteiger partial charge on any atom is 0.301 e. The van der Waals surface area contributed by atoms with Gasteiger partial charge in [0.05, 0.1) is 18.2 Å². The van der Waals surface area contributed by atoms with Crippen molar-refractivity contribution in [3.63, 3.8) is 0 Å². The number of carbonyl (C=O) groups is 2. The smallest absolute Gasteiger partial charge is 0.301 e. The number of fused-ring (bicyclic) bond motifs is 1. The van der Waals surface area contributed by atoms with Crippen LogP contribution in [0.15, 0.2) is 76.6 Å². The molecule has 11 heteroatoms. The first-order valence-electron chi connectivity index (χ1n) is 13.9. The van der Waals surface area contributed by atoms with Crippen molar-refractivity contribution < 1.29 is 28.6 Å². The molecule has 3 heterocycles. The summed E-state index contributed by atoms with van der Waals surface area (Å²) in [5, 5.41) is 20.3. The van der Waals surface area contributed by atoms with E-state index >= 15 is 0 Å². The molecule has 0 aliphatic carbocycles. The average molecular weight is 618 g/mol. The highest BCUT2D eigenvalue weighted by molar-refractivity contribution is 8.00. The molecule has 2 atom stereocenters. The Balaban J connectivity index is 1.39. The maximum atomic E-state index is 13.6. The van der Waals surface area contributed by atoms with Crippen LogP contribution in [0.25, 0.3) is 5.76 Å². The number of hydrogen-bond donors (Lipinski definition) is 1. The van der Waals surface area contributed by atoms with Gasteiger partial charge in [0.15, 0.2) is 4.34 Å². The van der Waals surface area contributed by atoms with Crippen molar-refractivity contribution in [1.82, 2.24) is 10.2 Å². The van der Waals surface area contributed by atoms with Crippen LogP contribution in [0.2, 0.25) is 0 Å². The highest BCUT2D eigenvalue weighted by atomic mass is 32.2. The van der Waals surface area contributed by atoms with Crippen LogP contribution in [0.4, 0.5) is 9.52 Å². The summed E-state index contributed by atoms with van der Waals surface area (Å²) in [6.45, 7) is 4.47. The number of Topliss-reactive ketones (excluding diaryl/α,β-unsaturated/α-hetero) is 1. The van der Waals surface area contributed by atoms with Crippen molar-refractivity contribution in [2.24, 2.45) is 0 Å². The molecule has 1 N–H and O–H groups in total. The minimum absolute atomic E-state index is 0.0105. The van der Waals surface area contributed by atoms with Gasteiger partial charge in [0.25, 0.3) is 5.78 Å². The molecule has 2 aliphatic rings. The predicted molar refractivity (Wildman–Crippen MR) is 163 cm³/mol. The first-order valence-corrected chi connectivity index (χ1v) is 15.7. The molecule has 1 aromatic heterocycles. The number of amides is 1. The third-order valence-electron chi connectivity index (χ3n) is 7.14. The zero-order chi connectivity index (χ0) is 30.1. The Bertz CT molecular complexity index is 1720. The summed E-state index contributed by atoms with van der Waals surface area (Å²) in [4.78, 5) is 28.5. The second-order valence-electron chi connectivity index (χ2n) is 10.3. The molecule has 4 aromatic rings. The minimum Gasteiger partial charge on any atom is -0.507 e. The summed E-state index contributed by atoms with van der Waals surface area (Å²) in [5.74, 6) is -0.367. The molecule has 6 rings (SSSR count). The highest BCUT2D eigenvalue weighted by Gasteiger charge is 2.48. The standard InChI is InChI=1S/C32H28FN3O5S2/c1-3-13-40-24-6-4-5-20(16-24)27-26(28(37)21-9-12-25-22(15-21)14-18(2)41-25)29(38)30(39)36(27)31-34-35-32(43-31)42-17-19-7-10-23(33)11-8-19/h4-12,15-16,18,27,37H,3,13-14,17H2,1-2H3/t18-,27+/m1/s1. The number of ketones is 1. The van der Waals surface area contributed by atoms with E-state index in [1.807, 2.05) is 19.9 Å². The molecule has 0 bridgehead atoms. The normalized spacial score (nSPS) is 19.0. The van der Waals surface area contributed by atoms with Crippen molar-refractivity contribution in [3.05, 3.63) is 100 Å². The van der Waals surface area contributed by atoms with Crippen molar-refractivity contribution in [1.29, 1.82) is 0 Å². The number of hydrogen-bond acceptors (Lipinski definition) is 9. The van der Waals surface area contributed by atoms with Crippen LogP contribution in [0.5, 0.6) is 11.5 Å². The van der Waals surface area contributed by atoms with Gasteiger partial charge in [-0.1, -0.05) is 54.3 Å². The topological polar surface area (TPSA) is 102 Å². The second kappa shape index (κ2) is 12.2. The zero-order valence-electron chi connectivity index (χ0n) is 23.5. The quantitative estimate of drug-likeness (QED) is 0.0727. The fraction of sp³-hybridized carbons (Fsp3) is 0.250. The van der Waals surface area contributed by atoms with E-state index in [4.69, 9.17) is 9.47 Å². The van der Waals surface area contributed by atoms with E-state index in [1.165, 1.54) is 40.1 Å². The Labute approximate surface area is 256 Å². The molecular formula is C32H28FN3O5S2. The van der Waals surface area contributed by atoms with Crippen LogP contribution in [-0.4, -0.2) is 39.7 Å². The van der Waals surface area contributed by atoms with Gasteiger partial charge >= 0.3 is 5.91 Å². The molecule has 8 nitrogen and oxygen atoms in total. The van der Waals surface area contributed by atoms with E-state index in [0.29, 0.717) is 40.0 Å². The van der Waals surface area contributed by atoms with Crippen LogP contribution >= 0.6 is 23.1 Å². The number of aliphatic hydroxyl groups is 1. The molecule has 2 aliphatic heterocycles. The summed E-state index contributed by atoms with van der Waals surface area (Å²) in [5.41, 5.74) is 2.79. The lowest BCUT2D eigenvalue weighted by atomic mass is 9.94. The van der Waals surface area contributed by atoms with Crippen LogP contribution in [0.1, 0.15) is 48.6 Å². The minimum atomic E-state index is -0.962. The average Bonchev–Trinajstić information content (AvgIpc) is 3.70. The highest BCUT2D eigenvalue weighted by Crippen LogP contribution is 2.45. The van der Waals surface area contributed by atoms with E-state index < -0.39 is 17.7 Å². The first-order chi connectivity index (χ1) is 20.8. The van der Waals surface area contributed by atoms with Gasteiger partial charge in [-0.2, -0.15) is 0 Å². The van der Waals surface area contributed by atoms with Gasteiger partial charge in [-0.3, -0.25) is 14.5 Å². The van der Waals surface area contributed by atoms with Gasteiger partial charge in [-0.05, 0) is 72.5 Å². The number of nitrogens with zero attached hydrogens (tertiary/aromatic N) is 3. The largest absolute Gasteiger partial charge is 0.507 e. The zero-order valence-corrected chi connectivity index (χ0v) is 25.1. The summed E-state index contributed by atoms with van der Waals surface area (Å²) in [7, 11) is 0. The maximum absolute atomic E-state index is 13.6. The van der Waals surface area contributed by atoms with Crippen molar-refractivity contribution in [2.45, 2.75) is 48.9 Å². The number of anilines is 1. The molecule has 1 amide bonds. The fourth-order valence-electron chi connectivity index (χ4n) is 5.15. The molecule has 1 saturated heterocycles. The predicted octanol–water partition coefficient (Wildman–Crippen LogP) is 6.71. The van der Waals surface area contributed by atoms with Crippen LogP contribution in [0, 0.1) is 5.82 Å². The van der Waals surface area contributed by atoms with E-state index in [2.05, 4.69) is 10.2 Å². The number of thioether (sulfide) groups is 1. The number of benzene rings is 3. The summed E-state index contributed by atoms with van der Waals surface area (Å²) >= 11 is 2.56. The summed E-state index contributed by atoms with van der Waals surface area (Å²) in [6.07, 6.45) is 1.50. The van der Waals surface area contributed by atoms with Crippen molar-refractivity contribution in [3.8, 4) is 11.5 Å². The third kappa shape index (κ3) is 5.87. The van der Waals surface area contributed by atoms with Gasteiger partial charge in [-0.15, -0.1) is 10.2 Å². The van der Waals surface area contributed by atoms with Gasteiger partial charge in [-0.25, -0.2) is 4.39 Å². The Kier molecular flexibility index (Phi) is 8.18. The van der Waals surface area contributed by atoms with E-state index in [0.717, 1.165) is 23.3 Å². The van der Waals surface area contributed by atoms with Crippen molar-refractivity contribution in [2.75, 3.05) is 11.5 Å². The van der Waals surface area contributed by atoms with Gasteiger partial charge in [0, 0.05) is 17.7 Å². The summed E-state index contributed by atoms with van der Waals surface area (Å²) in [6, 6.07) is 17.6. The number of halogens is 1. The van der Waals surface area contributed by atoms with Crippen LogP contribution in [-0.2, 0) is 21.8 Å². The fourth-order valence-corrected chi connectivity index (χ4v) is 6.97. The van der Waals surface area contributed by atoms with Crippen LogP contribution in [0.3, 0.4) is 0 Å². The first kappa shape index (κ1) is 28.9. The number of ether oxygens (including phenoxy) is 2. The lowest BCUT2D eigenvalue weighted by molar-refractivity contribution is -0.132. The summed E-state index contributed by atoms with van der Waals surface area (Å²) < 4.78 is 25.5. The number of aliphatic hydroxyl groups excluding tert-OH is 1. The Hall–Kier alpha value is -4.22. The molecule has 43 heavy (non-hydrogen) atoms. The van der Waals surface area contributed by atoms with E-state index in [9.17, 15) is 19.1 Å². The lowest BCUT2D eigenvalue weighted by Gasteiger charge is -2.23. The number of carbonyl (C=O) groups excluding carboxylic acids is 2. The molecular weight excluding hydrogens is 590 g/mol. The third-order valence-corrected chi connectivity index (χ3v) is 9.27. The molecule has 0 spiro atoms. The second-order valence-corrected chi connectivity index (χ2v) is 12.5. The molecule has 0 saturated carbocycles. The molecule has 1 fully saturated rings. The van der Waals surface area contributed by atoms with Gasteiger partial charge < -0.3 is 14.6 Å². The molecule has 3 aromatic carbocycles. The number of aromatic nitrogens is 2. The Morgan fingerprint density at radius 3 is 2.74 bits per heavy atom. The van der Waals surface area contributed by atoms with E-state index in [-0.39, 0.29) is 28.4 Å². The SMILES string of the molecule is CCCOc1cccc([C@H]2C(=C(O)c3ccc4c(c3)C[C@@H](C)O4)C(=O)C(=O)N2c2nnc(SCc3ccc(F)cc3)s2)c1. The van der Waals surface area contributed by atoms with Gasteiger partial charge in [0.2, 0.25) is 5.13 Å². The van der Waals surface area contributed by atoms with E-state index in [1.54, 1.807) is 48.5 Å².